The molecular weight excluding hydrogens is 394 g/mol. The highest BCUT2D eigenvalue weighted by Crippen LogP contribution is 2.49. The number of rotatable bonds is 7. The van der Waals surface area contributed by atoms with Crippen molar-refractivity contribution in [1.29, 1.82) is 0 Å². The van der Waals surface area contributed by atoms with Gasteiger partial charge in [0, 0.05) is 44.3 Å². The average molecular weight is 420 g/mol. The van der Waals surface area contributed by atoms with Crippen molar-refractivity contribution in [1.82, 2.24) is 14.7 Å². The van der Waals surface area contributed by atoms with Crippen molar-refractivity contribution in [3.8, 4) is 11.4 Å². The first-order valence-electron chi connectivity index (χ1n) is 10.2. The lowest BCUT2D eigenvalue weighted by Gasteiger charge is -2.34. The van der Waals surface area contributed by atoms with E-state index >= 15 is 0 Å². The Morgan fingerprint density at radius 3 is 2.40 bits per heavy atom. The molecule has 1 aliphatic heterocycles. The Kier molecular flexibility index (Phi) is 5.75. The van der Waals surface area contributed by atoms with Crippen LogP contribution in [0.15, 0.2) is 29.2 Å². The predicted octanol–water partition coefficient (Wildman–Crippen LogP) is 1.80. The smallest absolute Gasteiger partial charge is 0.316 e. The highest BCUT2D eigenvalue weighted by atomic mass is 19.1. The van der Waals surface area contributed by atoms with E-state index in [1.807, 2.05) is 11.9 Å². The van der Waals surface area contributed by atoms with Crippen molar-refractivity contribution >= 4 is 5.69 Å². The van der Waals surface area contributed by atoms with Crippen molar-refractivity contribution in [3.63, 3.8) is 0 Å². The van der Waals surface area contributed by atoms with Crippen LogP contribution in [0.4, 0.5) is 14.5 Å². The van der Waals surface area contributed by atoms with E-state index in [1.165, 1.54) is 6.20 Å². The van der Waals surface area contributed by atoms with Gasteiger partial charge in [0.2, 0.25) is 5.75 Å². The summed E-state index contributed by atoms with van der Waals surface area (Å²) in [5.74, 6) is -1.45. The van der Waals surface area contributed by atoms with Crippen molar-refractivity contribution in [2.45, 2.75) is 19.3 Å². The largest absolute Gasteiger partial charge is 0.486 e. The Morgan fingerprint density at radius 2 is 1.80 bits per heavy atom. The van der Waals surface area contributed by atoms with Crippen LogP contribution in [-0.4, -0.2) is 66.2 Å². The first kappa shape index (κ1) is 20.7. The Labute approximate surface area is 173 Å². The molecule has 1 aliphatic carbocycles. The van der Waals surface area contributed by atoms with Crippen LogP contribution < -0.4 is 15.2 Å². The number of nitrogens with zero attached hydrogens (tertiary/aromatic N) is 4. The first-order valence-corrected chi connectivity index (χ1v) is 10.2. The summed E-state index contributed by atoms with van der Waals surface area (Å²) in [6, 6.07) is 2.87. The van der Waals surface area contributed by atoms with Crippen molar-refractivity contribution < 1.29 is 18.6 Å². The van der Waals surface area contributed by atoms with Gasteiger partial charge in [0.25, 0.3) is 0 Å². The van der Waals surface area contributed by atoms with Gasteiger partial charge in [0.05, 0.1) is 18.5 Å². The van der Waals surface area contributed by atoms with Gasteiger partial charge < -0.3 is 19.6 Å². The molecule has 30 heavy (non-hydrogen) atoms. The predicted molar refractivity (Wildman–Crippen MR) is 108 cm³/mol. The number of aliphatic hydroxyl groups excluding tert-OH is 1. The molecule has 1 aromatic heterocycles. The number of piperazine rings is 1. The van der Waals surface area contributed by atoms with E-state index in [2.05, 4.69) is 10.00 Å². The molecule has 0 unspecified atom stereocenters. The number of hydrogen-bond donors (Lipinski definition) is 1. The van der Waals surface area contributed by atoms with Gasteiger partial charge in [-0.1, -0.05) is 0 Å². The maximum atomic E-state index is 13.7. The quantitative estimate of drug-likeness (QED) is 0.737. The molecule has 2 fully saturated rings. The SMILES string of the molecule is CN1CCN(c2cnn(-c3cc(F)cc(F)c3)c(=O)c2OCC2(CCO)CC2)CC1. The van der Waals surface area contributed by atoms with Crippen molar-refractivity contribution in [2.75, 3.05) is 51.3 Å². The van der Waals surface area contributed by atoms with Gasteiger partial charge in [-0.15, -0.1) is 0 Å². The molecular formula is C21H26F2N4O3. The summed E-state index contributed by atoms with van der Waals surface area (Å²) in [7, 11) is 2.04. The van der Waals surface area contributed by atoms with E-state index in [1.54, 1.807) is 0 Å². The van der Waals surface area contributed by atoms with Gasteiger partial charge in [-0.3, -0.25) is 4.79 Å². The fourth-order valence-corrected chi connectivity index (χ4v) is 3.79. The molecule has 7 nitrogen and oxygen atoms in total. The monoisotopic (exact) mass is 420 g/mol. The molecule has 162 valence electrons. The Balaban J connectivity index is 1.71. The summed E-state index contributed by atoms with van der Waals surface area (Å²) in [5, 5.41) is 13.5. The lowest BCUT2D eigenvalue weighted by atomic mass is 10.1. The van der Waals surface area contributed by atoms with E-state index in [9.17, 15) is 18.7 Å². The zero-order chi connectivity index (χ0) is 21.3. The van der Waals surface area contributed by atoms with E-state index in [0.29, 0.717) is 31.8 Å². The fourth-order valence-electron chi connectivity index (χ4n) is 3.79. The Hall–Kier alpha value is -2.52. The summed E-state index contributed by atoms with van der Waals surface area (Å²) in [5.41, 5.74) is -0.0827. The second-order valence-electron chi connectivity index (χ2n) is 8.26. The first-order chi connectivity index (χ1) is 14.4. The summed E-state index contributed by atoms with van der Waals surface area (Å²) in [6.07, 6.45) is 4.01. The van der Waals surface area contributed by atoms with Crippen LogP contribution in [0, 0.1) is 17.0 Å². The number of aliphatic hydroxyl groups is 1. The highest BCUT2D eigenvalue weighted by molar-refractivity contribution is 5.57. The minimum atomic E-state index is -0.788. The van der Waals surface area contributed by atoms with Crippen LogP contribution in [0.1, 0.15) is 19.3 Å². The number of hydrogen-bond acceptors (Lipinski definition) is 6. The molecule has 0 amide bonds. The fraction of sp³-hybridized carbons (Fsp3) is 0.524. The average Bonchev–Trinajstić information content (AvgIpc) is 3.47. The summed E-state index contributed by atoms with van der Waals surface area (Å²) in [4.78, 5) is 17.5. The standard InChI is InChI=1S/C21H26F2N4O3/c1-25-5-7-26(8-6-25)18-13-24-27(17-11-15(22)10-16(23)12-17)20(29)19(18)30-14-21(2-3-21)4-9-28/h10-13,28H,2-9,14H2,1H3. The summed E-state index contributed by atoms with van der Waals surface area (Å²) >= 11 is 0. The third-order valence-electron chi connectivity index (χ3n) is 5.97. The van der Waals surface area contributed by atoms with Gasteiger partial charge >= 0.3 is 5.56 Å². The minimum Gasteiger partial charge on any atom is -0.486 e. The van der Waals surface area contributed by atoms with Crippen LogP contribution in [0.25, 0.3) is 5.69 Å². The Bertz CT molecular complexity index is 949. The number of likely N-dealkylation sites (N-methyl/N-ethyl adjacent to an activating group) is 1. The topological polar surface area (TPSA) is 70.8 Å². The lowest BCUT2D eigenvalue weighted by Crippen LogP contribution is -2.45. The number of benzene rings is 1. The molecule has 1 aromatic carbocycles. The van der Waals surface area contributed by atoms with E-state index in [4.69, 9.17) is 4.74 Å². The van der Waals surface area contributed by atoms with E-state index in [-0.39, 0.29) is 23.5 Å². The second-order valence-corrected chi connectivity index (χ2v) is 8.26. The minimum absolute atomic E-state index is 0.00349. The zero-order valence-corrected chi connectivity index (χ0v) is 17.0. The van der Waals surface area contributed by atoms with Crippen LogP contribution in [0.3, 0.4) is 0 Å². The Morgan fingerprint density at radius 1 is 1.13 bits per heavy atom. The lowest BCUT2D eigenvalue weighted by molar-refractivity contribution is 0.182. The highest BCUT2D eigenvalue weighted by Gasteiger charge is 2.43. The molecule has 2 heterocycles. The van der Waals surface area contributed by atoms with Crippen LogP contribution in [0.5, 0.6) is 5.75 Å². The molecule has 2 aliphatic rings. The molecule has 0 radical (unpaired) electrons. The molecule has 0 spiro atoms. The third-order valence-corrected chi connectivity index (χ3v) is 5.97. The van der Waals surface area contributed by atoms with Crippen LogP contribution in [-0.2, 0) is 0 Å². The third kappa shape index (κ3) is 4.32. The molecule has 1 N–H and O–H groups in total. The summed E-state index contributed by atoms with van der Waals surface area (Å²) in [6.45, 7) is 3.49. The van der Waals surface area contributed by atoms with Crippen LogP contribution >= 0.6 is 0 Å². The number of anilines is 1. The van der Waals surface area contributed by atoms with Gasteiger partial charge in [-0.25, -0.2) is 8.78 Å². The normalized spacial score (nSPS) is 18.5. The van der Waals surface area contributed by atoms with Crippen molar-refractivity contribution in [3.05, 3.63) is 46.4 Å². The molecule has 1 saturated heterocycles. The van der Waals surface area contributed by atoms with Crippen molar-refractivity contribution in [2.24, 2.45) is 5.41 Å². The van der Waals surface area contributed by atoms with Gasteiger partial charge in [-0.05, 0) is 38.4 Å². The zero-order valence-electron chi connectivity index (χ0n) is 17.0. The molecule has 9 heteroatoms. The maximum Gasteiger partial charge on any atom is 0.316 e. The molecule has 1 saturated carbocycles. The second kappa shape index (κ2) is 8.31. The van der Waals surface area contributed by atoms with Gasteiger partial charge in [0.15, 0.2) is 0 Å². The number of ether oxygens (including phenoxy) is 1. The molecule has 4 rings (SSSR count). The van der Waals surface area contributed by atoms with Crippen LogP contribution in [0.2, 0.25) is 0 Å². The van der Waals surface area contributed by atoms with Gasteiger partial charge in [-0.2, -0.15) is 9.78 Å². The summed E-state index contributed by atoms with van der Waals surface area (Å²) < 4.78 is 34.4. The molecule has 0 atom stereocenters. The van der Waals surface area contributed by atoms with Gasteiger partial charge in [0.1, 0.15) is 17.3 Å². The molecule has 0 bridgehead atoms. The number of halogens is 2. The number of aromatic nitrogens is 2. The van der Waals surface area contributed by atoms with E-state index in [0.717, 1.165) is 48.8 Å². The van der Waals surface area contributed by atoms with E-state index < -0.39 is 17.2 Å². The maximum absolute atomic E-state index is 13.7. The molecule has 2 aromatic rings.